The summed E-state index contributed by atoms with van der Waals surface area (Å²) in [4.78, 5) is 2.48. The maximum atomic E-state index is 3.76. The van der Waals surface area contributed by atoms with E-state index in [1.807, 2.05) is 0 Å². The average Bonchev–Trinajstić information content (AvgIpc) is 2.81. The minimum absolute atomic E-state index is 0.367. The number of rotatable bonds is 6. The second-order valence-corrected chi connectivity index (χ2v) is 6.16. The van der Waals surface area contributed by atoms with Crippen LogP contribution in [0.3, 0.4) is 0 Å². The molecule has 1 atom stereocenters. The highest BCUT2D eigenvalue weighted by Gasteiger charge is 2.33. The molecule has 2 nitrogen and oxygen atoms in total. The summed E-state index contributed by atoms with van der Waals surface area (Å²) >= 11 is 0. The molecular weight excluding hydrogens is 232 g/mol. The number of likely N-dealkylation sites (N-methyl/N-ethyl adjacent to an activating group) is 1. The van der Waals surface area contributed by atoms with E-state index in [1.165, 1.54) is 43.4 Å². The molecule has 0 bridgehead atoms. The smallest absolute Gasteiger partial charge is 0.0309 e. The van der Waals surface area contributed by atoms with Crippen molar-refractivity contribution in [2.45, 2.75) is 51.6 Å². The minimum Gasteiger partial charge on any atom is -0.310 e. The molecule has 0 amide bonds. The van der Waals surface area contributed by atoms with Gasteiger partial charge in [0.15, 0.2) is 0 Å². The lowest BCUT2D eigenvalue weighted by Gasteiger charge is -2.34. The van der Waals surface area contributed by atoms with E-state index in [0.717, 1.165) is 13.1 Å². The summed E-state index contributed by atoms with van der Waals surface area (Å²) in [5.41, 5.74) is 3.22. The Bertz CT molecular complexity index is 394. The van der Waals surface area contributed by atoms with Crippen molar-refractivity contribution in [3.05, 3.63) is 35.4 Å². The van der Waals surface area contributed by atoms with Crippen LogP contribution in [0.4, 0.5) is 0 Å². The van der Waals surface area contributed by atoms with Gasteiger partial charge in [-0.2, -0.15) is 0 Å². The van der Waals surface area contributed by atoms with Crippen LogP contribution < -0.4 is 5.32 Å². The molecule has 19 heavy (non-hydrogen) atoms. The molecule has 0 radical (unpaired) electrons. The lowest BCUT2D eigenvalue weighted by Crippen LogP contribution is -2.48. The normalized spacial score (nSPS) is 23.2. The molecule has 0 saturated carbocycles. The van der Waals surface area contributed by atoms with E-state index in [2.05, 4.69) is 55.4 Å². The summed E-state index contributed by atoms with van der Waals surface area (Å²) < 4.78 is 0. The van der Waals surface area contributed by atoms with Crippen molar-refractivity contribution in [1.82, 2.24) is 10.2 Å². The predicted octanol–water partition coefficient (Wildman–Crippen LogP) is 3.35. The SMILES string of the molecule is CCCC1(CN(C)Cc2ccccc2C)CCCN1. The molecule has 1 aromatic rings. The fourth-order valence-electron chi connectivity index (χ4n) is 3.43. The number of nitrogens with one attached hydrogen (secondary N) is 1. The van der Waals surface area contributed by atoms with Crippen molar-refractivity contribution < 1.29 is 0 Å². The van der Waals surface area contributed by atoms with Crippen molar-refractivity contribution in [3.8, 4) is 0 Å². The lowest BCUT2D eigenvalue weighted by atomic mass is 9.91. The first-order valence-corrected chi connectivity index (χ1v) is 7.63. The van der Waals surface area contributed by atoms with Crippen molar-refractivity contribution in [1.29, 1.82) is 0 Å². The van der Waals surface area contributed by atoms with Gasteiger partial charge in [-0.3, -0.25) is 0 Å². The molecule has 0 aliphatic carbocycles. The zero-order valence-electron chi connectivity index (χ0n) is 12.7. The number of hydrogen-bond donors (Lipinski definition) is 1. The fraction of sp³-hybridized carbons (Fsp3) is 0.647. The van der Waals surface area contributed by atoms with Crippen LogP contribution in [0.25, 0.3) is 0 Å². The van der Waals surface area contributed by atoms with Gasteiger partial charge in [0.25, 0.3) is 0 Å². The Hall–Kier alpha value is -0.860. The highest BCUT2D eigenvalue weighted by molar-refractivity contribution is 5.25. The third-order valence-electron chi connectivity index (χ3n) is 4.33. The van der Waals surface area contributed by atoms with Crippen molar-refractivity contribution in [3.63, 3.8) is 0 Å². The second kappa shape index (κ2) is 6.53. The van der Waals surface area contributed by atoms with Gasteiger partial charge in [-0.25, -0.2) is 0 Å². The van der Waals surface area contributed by atoms with E-state index >= 15 is 0 Å². The Morgan fingerprint density at radius 2 is 2.11 bits per heavy atom. The highest BCUT2D eigenvalue weighted by Crippen LogP contribution is 2.26. The molecule has 0 spiro atoms. The van der Waals surface area contributed by atoms with Crippen LogP contribution in [-0.2, 0) is 6.54 Å². The summed E-state index contributed by atoms with van der Waals surface area (Å²) in [7, 11) is 2.25. The van der Waals surface area contributed by atoms with Crippen molar-refractivity contribution in [2.24, 2.45) is 0 Å². The van der Waals surface area contributed by atoms with Crippen molar-refractivity contribution in [2.75, 3.05) is 20.1 Å². The topological polar surface area (TPSA) is 15.3 Å². The molecular formula is C17H28N2. The second-order valence-electron chi connectivity index (χ2n) is 6.16. The molecule has 1 N–H and O–H groups in total. The van der Waals surface area contributed by atoms with E-state index in [4.69, 9.17) is 0 Å². The molecule has 1 aliphatic rings. The van der Waals surface area contributed by atoms with Gasteiger partial charge in [0.2, 0.25) is 0 Å². The average molecular weight is 260 g/mol. The molecule has 0 aromatic heterocycles. The Morgan fingerprint density at radius 3 is 2.74 bits per heavy atom. The first kappa shape index (κ1) is 14.5. The van der Waals surface area contributed by atoms with Gasteiger partial charge in [-0.05, 0) is 50.9 Å². The Labute approximate surface area is 118 Å². The molecule has 1 unspecified atom stereocenters. The minimum atomic E-state index is 0.367. The molecule has 106 valence electrons. The summed E-state index contributed by atoms with van der Waals surface area (Å²) in [5, 5.41) is 3.76. The largest absolute Gasteiger partial charge is 0.310 e. The molecule has 2 heteroatoms. The van der Waals surface area contributed by atoms with Crippen LogP contribution in [0.5, 0.6) is 0 Å². The Balaban J connectivity index is 1.96. The Morgan fingerprint density at radius 1 is 1.32 bits per heavy atom. The third-order valence-corrected chi connectivity index (χ3v) is 4.33. The van der Waals surface area contributed by atoms with Crippen LogP contribution >= 0.6 is 0 Å². The van der Waals surface area contributed by atoms with E-state index in [-0.39, 0.29) is 0 Å². The van der Waals surface area contributed by atoms with Crippen LogP contribution in [0.15, 0.2) is 24.3 Å². The maximum Gasteiger partial charge on any atom is 0.0309 e. The quantitative estimate of drug-likeness (QED) is 0.844. The Kier molecular flexibility index (Phi) is 5.00. The van der Waals surface area contributed by atoms with Crippen LogP contribution in [-0.4, -0.2) is 30.6 Å². The standard InChI is InChI=1S/C17H28N2/c1-4-10-17(11-7-12-18-17)14-19(3)13-16-9-6-5-8-15(16)2/h5-6,8-9,18H,4,7,10-14H2,1-3H3. The van der Waals surface area contributed by atoms with E-state index in [9.17, 15) is 0 Å². The van der Waals surface area contributed by atoms with Gasteiger partial charge >= 0.3 is 0 Å². The van der Waals surface area contributed by atoms with Crippen LogP contribution in [0.1, 0.15) is 43.7 Å². The van der Waals surface area contributed by atoms with Gasteiger partial charge in [-0.15, -0.1) is 0 Å². The lowest BCUT2D eigenvalue weighted by molar-refractivity contribution is 0.207. The molecule has 1 saturated heterocycles. The van der Waals surface area contributed by atoms with Gasteiger partial charge < -0.3 is 10.2 Å². The van der Waals surface area contributed by atoms with Gasteiger partial charge in [0, 0.05) is 18.6 Å². The molecule has 1 aromatic carbocycles. The van der Waals surface area contributed by atoms with Crippen molar-refractivity contribution >= 4 is 0 Å². The van der Waals surface area contributed by atoms with E-state index < -0.39 is 0 Å². The van der Waals surface area contributed by atoms with Crippen LogP contribution in [0.2, 0.25) is 0 Å². The maximum absolute atomic E-state index is 3.76. The van der Waals surface area contributed by atoms with E-state index in [0.29, 0.717) is 5.54 Å². The third kappa shape index (κ3) is 3.80. The first-order valence-electron chi connectivity index (χ1n) is 7.63. The van der Waals surface area contributed by atoms with Crippen LogP contribution in [0, 0.1) is 6.92 Å². The molecule has 2 rings (SSSR count). The van der Waals surface area contributed by atoms with Gasteiger partial charge in [-0.1, -0.05) is 37.6 Å². The zero-order valence-corrected chi connectivity index (χ0v) is 12.7. The summed E-state index contributed by atoms with van der Waals surface area (Å²) in [6, 6.07) is 8.72. The monoisotopic (exact) mass is 260 g/mol. The fourth-order valence-corrected chi connectivity index (χ4v) is 3.43. The molecule has 1 aliphatic heterocycles. The number of benzene rings is 1. The highest BCUT2D eigenvalue weighted by atomic mass is 15.2. The molecule has 1 fully saturated rings. The van der Waals surface area contributed by atoms with Gasteiger partial charge in [0.05, 0.1) is 0 Å². The number of aryl methyl sites for hydroxylation is 1. The number of hydrogen-bond acceptors (Lipinski definition) is 2. The summed E-state index contributed by atoms with van der Waals surface area (Å²) in [6.45, 7) is 7.91. The molecule has 1 heterocycles. The zero-order chi connectivity index (χ0) is 13.7. The first-order chi connectivity index (χ1) is 9.15. The summed E-state index contributed by atoms with van der Waals surface area (Å²) in [6.07, 6.45) is 5.23. The van der Waals surface area contributed by atoms with Gasteiger partial charge in [0.1, 0.15) is 0 Å². The number of nitrogens with zero attached hydrogens (tertiary/aromatic N) is 1. The summed E-state index contributed by atoms with van der Waals surface area (Å²) in [5.74, 6) is 0. The van der Waals surface area contributed by atoms with E-state index in [1.54, 1.807) is 0 Å². The predicted molar refractivity (Wildman–Crippen MR) is 82.4 cm³/mol.